The zero-order valence-corrected chi connectivity index (χ0v) is 11.9. The number of rotatable bonds is 7. The summed E-state index contributed by atoms with van der Waals surface area (Å²) < 4.78 is 10.3. The SMILES string of the molecule is COc1cccc(CCNCc2cccc(OC)n2)c1. The summed E-state index contributed by atoms with van der Waals surface area (Å²) in [5.41, 5.74) is 2.24. The van der Waals surface area contributed by atoms with E-state index in [0.717, 1.165) is 31.0 Å². The molecule has 0 saturated carbocycles. The van der Waals surface area contributed by atoms with Crippen LogP contribution in [0.15, 0.2) is 42.5 Å². The van der Waals surface area contributed by atoms with Gasteiger partial charge in [0.1, 0.15) is 5.75 Å². The minimum atomic E-state index is 0.650. The van der Waals surface area contributed by atoms with Crippen molar-refractivity contribution in [3.05, 3.63) is 53.7 Å². The smallest absolute Gasteiger partial charge is 0.213 e. The summed E-state index contributed by atoms with van der Waals surface area (Å²) in [7, 11) is 3.31. The molecule has 0 atom stereocenters. The van der Waals surface area contributed by atoms with Crippen LogP contribution in [0.2, 0.25) is 0 Å². The second kappa shape index (κ2) is 7.50. The molecule has 4 heteroatoms. The first-order valence-corrected chi connectivity index (χ1v) is 6.65. The summed E-state index contributed by atoms with van der Waals surface area (Å²) in [5, 5.41) is 3.38. The molecule has 1 aromatic heterocycles. The largest absolute Gasteiger partial charge is 0.497 e. The van der Waals surface area contributed by atoms with Crippen LogP contribution in [0.4, 0.5) is 0 Å². The van der Waals surface area contributed by atoms with Crippen molar-refractivity contribution in [2.75, 3.05) is 20.8 Å². The van der Waals surface area contributed by atoms with Crippen LogP contribution in [0.5, 0.6) is 11.6 Å². The van der Waals surface area contributed by atoms with Gasteiger partial charge in [0.25, 0.3) is 0 Å². The van der Waals surface area contributed by atoms with Gasteiger partial charge in [-0.25, -0.2) is 4.98 Å². The van der Waals surface area contributed by atoms with Gasteiger partial charge in [0, 0.05) is 12.6 Å². The molecule has 0 radical (unpaired) electrons. The number of benzene rings is 1. The molecular formula is C16H20N2O2. The van der Waals surface area contributed by atoms with Gasteiger partial charge in [-0.05, 0) is 36.7 Å². The number of methoxy groups -OCH3 is 2. The molecule has 0 aliphatic rings. The Hall–Kier alpha value is -2.07. The molecule has 20 heavy (non-hydrogen) atoms. The van der Waals surface area contributed by atoms with Crippen molar-refractivity contribution in [2.45, 2.75) is 13.0 Å². The Morgan fingerprint density at radius 2 is 1.90 bits per heavy atom. The van der Waals surface area contributed by atoms with Gasteiger partial charge in [-0.2, -0.15) is 0 Å². The van der Waals surface area contributed by atoms with E-state index in [1.54, 1.807) is 14.2 Å². The standard InChI is InChI=1S/C16H20N2O2/c1-19-15-7-3-5-13(11-15)9-10-17-12-14-6-4-8-16(18-14)20-2/h3-8,11,17H,9-10,12H2,1-2H3. The summed E-state index contributed by atoms with van der Waals surface area (Å²) in [4.78, 5) is 4.36. The van der Waals surface area contributed by atoms with Crippen LogP contribution in [0.3, 0.4) is 0 Å². The fourth-order valence-electron chi connectivity index (χ4n) is 1.95. The summed E-state index contributed by atoms with van der Waals surface area (Å²) in [6, 6.07) is 13.9. The maximum absolute atomic E-state index is 5.21. The van der Waals surface area contributed by atoms with Crippen molar-refractivity contribution in [3.8, 4) is 11.6 Å². The van der Waals surface area contributed by atoms with Gasteiger partial charge in [0.15, 0.2) is 0 Å². The van der Waals surface area contributed by atoms with Gasteiger partial charge in [0.2, 0.25) is 5.88 Å². The summed E-state index contributed by atoms with van der Waals surface area (Å²) >= 11 is 0. The van der Waals surface area contributed by atoms with E-state index in [4.69, 9.17) is 9.47 Å². The molecule has 0 bridgehead atoms. The van der Waals surface area contributed by atoms with Crippen molar-refractivity contribution in [1.29, 1.82) is 0 Å². The first-order valence-electron chi connectivity index (χ1n) is 6.65. The average Bonchev–Trinajstić information content (AvgIpc) is 2.52. The van der Waals surface area contributed by atoms with E-state index in [9.17, 15) is 0 Å². The van der Waals surface area contributed by atoms with Gasteiger partial charge >= 0.3 is 0 Å². The molecule has 0 aliphatic carbocycles. The molecule has 0 spiro atoms. The van der Waals surface area contributed by atoms with Crippen LogP contribution in [0.25, 0.3) is 0 Å². The fraction of sp³-hybridized carbons (Fsp3) is 0.312. The number of hydrogen-bond acceptors (Lipinski definition) is 4. The molecule has 1 aromatic carbocycles. The van der Waals surface area contributed by atoms with Gasteiger partial charge in [-0.1, -0.05) is 18.2 Å². The number of nitrogens with one attached hydrogen (secondary N) is 1. The zero-order valence-electron chi connectivity index (χ0n) is 11.9. The maximum atomic E-state index is 5.21. The van der Waals surface area contributed by atoms with Crippen LogP contribution in [0, 0.1) is 0 Å². The molecule has 0 fully saturated rings. The van der Waals surface area contributed by atoms with E-state index < -0.39 is 0 Å². The molecule has 2 aromatic rings. The molecule has 1 N–H and O–H groups in total. The highest BCUT2D eigenvalue weighted by atomic mass is 16.5. The van der Waals surface area contributed by atoms with Crippen LogP contribution in [-0.2, 0) is 13.0 Å². The van der Waals surface area contributed by atoms with E-state index in [1.807, 2.05) is 30.3 Å². The van der Waals surface area contributed by atoms with E-state index in [-0.39, 0.29) is 0 Å². The van der Waals surface area contributed by atoms with E-state index in [2.05, 4.69) is 22.4 Å². The highest BCUT2D eigenvalue weighted by Crippen LogP contribution is 2.12. The molecule has 1 heterocycles. The fourth-order valence-corrected chi connectivity index (χ4v) is 1.95. The summed E-state index contributed by atoms with van der Waals surface area (Å²) in [6.07, 6.45) is 0.959. The van der Waals surface area contributed by atoms with Crippen LogP contribution >= 0.6 is 0 Å². The normalized spacial score (nSPS) is 10.3. The highest BCUT2D eigenvalue weighted by Gasteiger charge is 1.99. The summed E-state index contributed by atoms with van der Waals surface area (Å²) in [5.74, 6) is 1.55. The number of hydrogen-bond donors (Lipinski definition) is 1. The Kier molecular flexibility index (Phi) is 5.38. The molecular weight excluding hydrogens is 252 g/mol. The third kappa shape index (κ3) is 4.24. The third-order valence-electron chi connectivity index (χ3n) is 3.02. The number of pyridine rings is 1. The lowest BCUT2D eigenvalue weighted by atomic mass is 10.1. The van der Waals surface area contributed by atoms with E-state index in [1.165, 1.54) is 5.56 Å². The molecule has 0 amide bonds. The molecule has 2 rings (SSSR count). The van der Waals surface area contributed by atoms with Crippen molar-refractivity contribution in [1.82, 2.24) is 10.3 Å². The maximum Gasteiger partial charge on any atom is 0.213 e. The van der Waals surface area contributed by atoms with Gasteiger partial charge in [-0.15, -0.1) is 0 Å². The van der Waals surface area contributed by atoms with Crippen LogP contribution < -0.4 is 14.8 Å². The Bertz CT molecular complexity index is 494. The van der Waals surface area contributed by atoms with Crippen molar-refractivity contribution in [2.24, 2.45) is 0 Å². The molecule has 0 unspecified atom stereocenters. The zero-order chi connectivity index (χ0) is 14.2. The Morgan fingerprint density at radius 3 is 2.70 bits per heavy atom. The first kappa shape index (κ1) is 14.3. The van der Waals surface area contributed by atoms with Gasteiger partial charge in [-0.3, -0.25) is 0 Å². The Labute approximate surface area is 119 Å². The minimum absolute atomic E-state index is 0.650. The quantitative estimate of drug-likeness (QED) is 0.786. The monoisotopic (exact) mass is 272 g/mol. The Balaban J connectivity index is 1.78. The van der Waals surface area contributed by atoms with Gasteiger partial charge < -0.3 is 14.8 Å². The lowest BCUT2D eigenvalue weighted by Crippen LogP contribution is -2.17. The summed E-state index contributed by atoms with van der Waals surface area (Å²) in [6.45, 7) is 1.63. The lowest BCUT2D eigenvalue weighted by Gasteiger charge is -2.07. The Morgan fingerprint density at radius 1 is 1.05 bits per heavy atom. The van der Waals surface area contributed by atoms with Gasteiger partial charge in [0.05, 0.1) is 19.9 Å². The number of aromatic nitrogens is 1. The number of nitrogens with zero attached hydrogens (tertiary/aromatic N) is 1. The predicted octanol–water partition coefficient (Wildman–Crippen LogP) is 2.43. The van der Waals surface area contributed by atoms with Crippen molar-refractivity contribution >= 4 is 0 Å². The first-order chi connectivity index (χ1) is 9.81. The topological polar surface area (TPSA) is 43.4 Å². The molecule has 0 aliphatic heterocycles. The molecule has 106 valence electrons. The number of ether oxygens (including phenoxy) is 2. The van der Waals surface area contributed by atoms with Crippen LogP contribution in [-0.4, -0.2) is 25.7 Å². The van der Waals surface area contributed by atoms with Crippen LogP contribution in [0.1, 0.15) is 11.3 Å². The average molecular weight is 272 g/mol. The second-order valence-electron chi connectivity index (χ2n) is 4.45. The van der Waals surface area contributed by atoms with E-state index in [0.29, 0.717) is 5.88 Å². The molecule has 4 nitrogen and oxygen atoms in total. The van der Waals surface area contributed by atoms with Crippen molar-refractivity contribution in [3.63, 3.8) is 0 Å². The minimum Gasteiger partial charge on any atom is -0.497 e. The van der Waals surface area contributed by atoms with E-state index >= 15 is 0 Å². The van der Waals surface area contributed by atoms with Crippen molar-refractivity contribution < 1.29 is 9.47 Å². The second-order valence-corrected chi connectivity index (χ2v) is 4.45. The predicted molar refractivity (Wildman–Crippen MR) is 79.2 cm³/mol. The lowest BCUT2D eigenvalue weighted by molar-refractivity contribution is 0.395. The highest BCUT2D eigenvalue weighted by molar-refractivity contribution is 5.28. The molecule has 0 saturated heterocycles. The third-order valence-corrected chi connectivity index (χ3v) is 3.02.